The van der Waals surface area contributed by atoms with Crippen LogP contribution in [0.15, 0.2) is 30.3 Å². The number of esters is 1. The number of carbonyl (C=O) groups excluding carboxylic acids is 1. The molecule has 1 atom stereocenters. The number of nitrogens with one attached hydrogen (secondary N) is 1. The van der Waals surface area contributed by atoms with E-state index in [1.165, 1.54) is 5.56 Å². The topological polar surface area (TPSA) is 41.6 Å². The Morgan fingerprint density at radius 3 is 2.94 bits per heavy atom. The summed E-state index contributed by atoms with van der Waals surface area (Å²) in [7, 11) is 0. The Morgan fingerprint density at radius 2 is 2.22 bits per heavy atom. The standard InChI is InChI=1S/C14H20N2O2/c1-2-14(17)18-13-11-16(9-8-15-13)10-12-6-4-3-5-7-12/h3-7,13,15H,2,8-11H2,1H3. The van der Waals surface area contributed by atoms with Gasteiger partial charge in [-0.2, -0.15) is 0 Å². The molecule has 4 heteroatoms. The van der Waals surface area contributed by atoms with Crippen LogP contribution in [0.5, 0.6) is 0 Å². The SMILES string of the molecule is CCC(=O)OC1CN(Cc2ccccc2)CCN1. The van der Waals surface area contributed by atoms with Crippen molar-refractivity contribution in [2.24, 2.45) is 0 Å². The largest absolute Gasteiger partial charge is 0.445 e. The summed E-state index contributed by atoms with van der Waals surface area (Å²) in [6.07, 6.45) is 0.256. The first-order valence-corrected chi connectivity index (χ1v) is 6.47. The average Bonchev–Trinajstić information content (AvgIpc) is 2.40. The lowest BCUT2D eigenvalue weighted by Gasteiger charge is -2.33. The zero-order chi connectivity index (χ0) is 12.8. The number of rotatable bonds is 4. The first-order valence-electron chi connectivity index (χ1n) is 6.47. The van der Waals surface area contributed by atoms with Crippen LogP contribution in [0.4, 0.5) is 0 Å². The molecule has 1 fully saturated rings. The molecule has 2 rings (SSSR count). The Morgan fingerprint density at radius 1 is 1.44 bits per heavy atom. The van der Waals surface area contributed by atoms with Gasteiger partial charge in [0.25, 0.3) is 0 Å². The molecular formula is C14H20N2O2. The smallest absolute Gasteiger partial charge is 0.307 e. The summed E-state index contributed by atoms with van der Waals surface area (Å²) in [5.41, 5.74) is 1.29. The highest BCUT2D eigenvalue weighted by atomic mass is 16.6. The van der Waals surface area contributed by atoms with Crippen molar-refractivity contribution in [1.82, 2.24) is 10.2 Å². The molecule has 1 saturated heterocycles. The van der Waals surface area contributed by atoms with E-state index in [2.05, 4.69) is 22.3 Å². The van der Waals surface area contributed by atoms with E-state index in [0.29, 0.717) is 6.42 Å². The molecule has 0 spiro atoms. The molecule has 1 aliphatic rings. The molecule has 0 aliphatic carbocycles. The maximum absolute atomic E-state index is 11.3. The molecule has 18 heavy (non-hydrogen) atoms. The van der Waals surface area contributed by atoms with Crippen molar-refractivity contribution in [2.45, 2.75) is 26.1 Å². The lowest BCUT2D eigenvalue weighted by molar-refractivity contribution is -0.152. The number of ether oxygens (including phenoxy) is 1. The van der Waals surface area contributed by atoms with Gasteiger partial charge in [0, 0.05) is 32.6 Å². The molecule has 1 heterocycles. The molecule has 1 N–H and O–H groups in total. The number of nitrogens with zero attached hydrogens (tertiary/aromatic N) is 1. The third-order valence-corrected chi connectivity index (χ3v) is 3.04. The molecule has 1 unspecified atom stereocenters. The Kier molecular flexibility index (Phi) is 4.73. The van der Waals surface area contributed by atoms with Gasteiger partial charge in [-0.05, 0) is 5.56 Å². The molecule has 1 aromatic carbocycles. The minimum Gasteiger partial charge on any atom is -0.445 e. The van der Waals surface area contributed by atoms with Crippen molar-refractivity contribution < 1.29 is 9.53 Å². The van der Waals surface area contributed by atoms with Crippen molar-refractivity contribution >= 4 is 5.97 Å². The Labute approximate surface area is 108 Å². The van der Waals surface area contributed by atoms with E-state index in [1.54, 1.807) is 0 Å². The lowest BCUT2D eigenvalue weighted by Crippen LogP contribution is -2.52. The summed E-state index contributed by atoms with van der Waals surface area (Å²) < 4.78 is 5.32. The van der Waals surface area contributed by atoms with Crippen LogP contribution in [-0.4, -0.2) is 36.7 Å². The van der Waals surface area contributed by atoms with Gasteiger partial charge in [-0.3, -0.25) is 15.0 Å². The number of benzene rings is 1. The monoisotopic (exact) mass is 248 g/mol. The van der Waals surface area contributed by atoms with E-state index in [0.717, 1.165) is 26.2 Å². The highest BCUT2D eigenvalue weighted by Gasteiger charge is 2.21. The molecule has 0 amide bonds. The highest BCUT2D eigenvalue weighted by Crippen LogP contribution is 2.08. The van der Waals surface area contributed by atoms with Crippen LogP contribution >= 0.6 is 0 Å². The van der Waals surface area contributed by atoms with E-state index >= 15 is 0 Å². The van der Waals surface area contributed by atoms with Gasteiger partial charge in [0.1, 0.15) is 0 Å². The van der Waals surface area contributed by atoms with Crippen molar-refractivity contribution in [3.63, 3.8) is 0 Å². The van der Waals surface area contributed by atoms with E-state index < -0.39 is 0 Å². The molecule has 0 aromatic heterocycles. The van der Waals surface area contributed by atoms with Gasteiger partial charge in [0.15, 0.2) is 6.23 Å². The maximum atomic E-state index is 11.3. The van der Waals surface area contributed by atoms with Gasteiger partial charge in [-0.1, -0.05) is 37.3 Å². The fourth-order valence-electron chi connectivity index (χ4n) is 2.08. The maximum Gasteiger partial charge on any atom is 0.307 e. The Hall–Kier alpha value is -1.39. The molecule has 1 aliphatic heterocycles. The summed E-state index contributed by atoms with van der Waals surface area (Å²) >= 11 is 0. The summed E-state index contributed by atoms with van der Waals surface area (Å²) in [5, 5.41) is 3.22. The molecule has 98 valence electrons. The number of carbonyl (C=O) groups is 1. The van der Waals surface area contributed by atoms with Crippen molar-refractivity contribution in [3.8, 4) is 0 Å². The van der Waals surface area contributed by atoms with E-state index in [1.807, 2.05) is 25.1 Å². The van der Waals surface area contributed by atoms with Crippen molar-refractivity contribution in [1.29, 1.82) is 0 Å². The fourth-order valence-corrected chi connectivity index (χ4v) is 2.08. The van der Waals surface area contributed by atoms with E-state index in [9.17, 15) is 4.79 Å². The van der Waals surface area contributed by atoms with Crippen LogP contribution in [0.3, 0.4) is 0 Å². The minimum atomic E-state index is -0.171. The third-order valence-electron chi connectivity index (χ3n) is 3.04. The van der Waals surface area contributed by atoms with Gasteiger partial charge >= 0.3 is 5.97 Å². The second kappa shape index (κ2) is 6.52. The van der Waals surface area contributed by atoms with Crippen LogP contribution in [0.2, 0.25) is 0 Å². The molecule has 0 saturated carbocycles. The van der Waals surface area contributed by atoms with Crippen LogP contribution in [0.1, 0.15) is 18.9 Å². The summed E-state index contributed by atoms with van der Waals surface area (Å²) in [5.74, 6) is -0.144. The fraction of sp³-hybridized carbons (Fsp3) is 0.500. The van der Waals surface area contributed by atoms with Gasteiger partial charge in [-0.15, -0.1) is 0 Å². The molecule has 0 radical (unpaired) electrons. The van der Waals surface area contributed by atoms with Crippen molar-refractivity contribution in [3.05, 3.63) is 35.9 Å². The molecular weight excluding hydrogens is 228 g/mol. The Bertz CT molecular complexity index is 381. The zero-order valence-corrected chi connectivity index (χ0v) is 10.8. The minimum absolute atomic E-state index is 0.144. The predicted molar refractivity (Wildman–Crippen MR) is 69.9 cm³/mol. The van der Waals surface area contributed by atoms with Gasteiger partial charge in [-0.25, -0.2) is 0 Å². The van der Waals surface area contributed by atoms with Gasteiger partial charge < -0.3 is 4.74 Å². The predicted octanol–water partition coefficient (Wildman–Crippen LogP) is 1.37. The summed E-state index contributed by atoms with van der Waals surface area (Å²) in [4.78, 5) is 13.6. The normalized spacial score (nSPS) is 20.6. The first kappa shape index (κ1) is 13.1. The van der Waals surface area contributed by atoms with Crippen LogP contribution in [-0.2, 0) is 16.1 Å². The van der Waals surface area contributed by atoms with Gasteiger partial charge in [0.2, 0.25) is 0 Å². The molecule has 0 bridgehead atoms. The van der Waals surface area contributed by atoms with E-state index in [4.69, 9.17) is 4.74 Å². The third kappa shape index (κ3) is 3.82. The van der Waals surface area contributed by atoms with Crippen molar-refractivity contribution in [2.75, 3.05) is 19.6 Å². The van der Waals surface area contributed by atoms with Crippen LogP contribution in [0.25, 0.3) is 0 Å². The Balaban J connectivity index is 1.85. The molecule has 1 aromatic rings. The quantitative estimate of drug-likeness (QED) is 0.817. The highest BCUT2D eigenvalue weighted by molar-refractivity contribution is 5.69. The first-order chi connectivity index (χ1) is 8.78. The summed E-state index contributed by atoms with van der Waals surface area (Å²) in [6, 6.07) is 10.4. The zero-order valence-electron chi connectivity index (χ0n) is 10.8. The van der Waals surface area contributed by atoms with E-state index in [-0.39, 0.29) is 12.2 Å². The van der Waals surface area contributed by atoms with Crippen LogP contribution < -0.4 is 5.32 Å². The number of hydrogen-bond acceptors (Lipinski definition) is 4. The van der Waals surface area contributed by atoms with Gasteiger partial charge in [0.05, 0.1) is 0 Å². The summed E-state index contributed by atoms with van der Waals surface area (Å²) in [6.45, 7) is 5.31. The molecule has 4 nitrogen and oxygen atoms in total. The second-order valence-corrected chi connectivity index (χ2v) is 4.51. The lowest BCUT2D eigenvalue weighted by atomic mass is 10.2. The van der Waals surface area contributed by atoms with Crippen LogP contribution in [0, 0.1) is 0 Å². The number of piperazine rings is 1. The second-order valence-electron chi connectivity index (χ2n) is 4.51. The average molecular weight is 248 g/mol. The number of hydrogen-bond donors (Lipinski definition) is 1.